The fourth-order valence-corrected chi connectivity index (χ4v) is 4.24. The third kappa shape index (κ3) is 3.99. The molecule has 0 saturated heterocycles. The first-order chi connectivity index (χ1) is 13.1. The molecule has 0 spiro atoms. The van der Waals surface area contributed by atoms with Crippen LogP contribution >= 0.6 is 0 Å². The van der Waals surface area contributed by atoms with E-state index in [1.165, 1.54) is 0 Å². The van der Waals surface area contributed by atoms with Gasteiger partial charge in [-0.05, 0) is 50.1 Å². The highest BCUT2D eigenvalue weighted by Gasteiger charge is 2.36. The number of fused-ring (bicyclic) bond motifs is 1. The van der Waals surface area contributed by atoms with Crippen molar-refractivity contribution >= 4 is 27.3 Å². The van der Waals surface area contributed by atoms with E-state index in [4.69, 9.17) is 4.74 Å². The predicted molar refractivity (Wildman–Crippen MR) is 110 cm³/mol. The molecule has 0 fully saturated rings. The average Bonchev–Trinajstić information content (AvgIpc) is 2.73. The molecular formula is C21H26N2O4S. The van der Waals surface area contributed by atoms with E-state index in [1.54, 1.807) is 42.3 Å². The average molecular weight is 403 g/mol. The number of nitrogens with zero attached hydrogens (tertiary/aromatic N) is 1. The maximum absolute atomic E-state index is 12.7. The molecule has 150 valence electrons. The first kappa shape index (κ1) is 20.2. The Bertz CT molecular complexity index is 982. The van der Waals surface area contributed by atoms with Gasteiger partial charge in [-0.25, -0.2) is 8.42 Å². The number of hydrogen-bond donors (Lipinski definition) is 1. The fraction of sp³-hybridized carbons (Fsp3) is 0.381. The zero-order valence-electron chi connectivity index (χ0n) is 16.7. The van der Waals surface area contributed by atoms with E-state index in [0.29, 0.717) is 17.1 Å². The van der Waals surface area contributed by atoms with E-state index >= 15 is 0 Å². The van der Waals surface area contributed by atoms with Gasteiger partial charge in [-0.2, -0.15) is 0 Å². The van der Waals surface area contributed by atoms with Gasteiger partial charge in [0.2, 0.25) is 5.91 Å². The topological polar surface area (TPSA) is 75.7 Å². The molecule has 0 saturated carbocycles. The molecule has 0 aromatic heterocycles. The molecule has 0 unspecified atom stereocenters. The highest BCUT2D eigenvalue weighted by atomic mass is 32.2. The van der Waals surface area contributed by atoms with Crippen molar-refractivity contribution in [3.8, 4) is 5.75 Å². The van der Waals surface area contributed by atoms with Gasteiger partial charge in [0.1, 0.15) is 12.4 Å². The zero-order chi connectivity index (χ0) is 20.5. The number of benzene rings is 2. The first-order valence-electron chi connectivity index (χ1n) is 9.31. The number of rotatable bonds is 5. The second-order valence-electron chi connectivity index (χ2n) is 7.72. The van der Waals surface area contributed by atoms with Crippen molar-refractivity contribution < 1.29 is 17.9 Å². The van der Waals surface area contributed by atoms with Crippen molar-refractivity contribution in [2.24, 2.45) is 5.41 Å². The van der Waals surface area contributed by atoms with Crippen LogP contribution in [-0.2, 0) is 21.2 Å². The summed E-state index contributed by atoms with van der Waals surface area (Å²) in [6, 6.07) is 11.8. The van der Waals surface area contributed by atoms with E-state index in [0.717, 1.165) is 18.4 Å². The minimum atomic E-state index is -3.71. The molecule has 0 bridgehead atoms. The smallest absolute Gasteiger partial charge is 0.261 e. The normalized spacial score (nSPS) is 16.1. The summed E-state index contributed by atoms with van der Waals surface area (Å²) in [5, 5.41) is 0. The van der Waals surface area contributed by atoms with Crippen molar-refractivity contribution in [3.63, 3.8) is 0 Å². The summed E-state index contributed by atoms with van der Waals surface area (Å²) >= 11 is 0. The summed E-state index contributed by atoms with van der Waals surface area (Å²) in [6.07, 6.45) is 1.92. The Balaban J connectivity index is 1.86. The van der Waals surface area contributed by atoms with Crippen molar-refractivity contribution in [1.82, 2.24) is 0 Å². The Labute approximate surface area is 166 Å². The summed E-state index contributed by atoms with van der Waals surface area (Å²) in [5.41, 5.74) is 1.45. The number of carbonyl (C=O) groups is 1. The molecule has 1 amide bonds. The minimum absolute atomic E-state index is 0.0493. The number of nitrogens with one attached hydrogen (secondary N) is 1. The summed E-state index contributed by atoms with van der Waals surface area (Å²) < 4.78 is 33.8. The van der Waals surface area contributed by atoms with Gasteiger partial charge in [-0.15, -0.1) is 0 Å². The molecule has 1 heterocycles. The number of carbonyl (C=O) groups excluding carboxylic acids is 1. The monoisotopic (exact) mass is 402 g/mol. The quantitative estimate of drug-likeness (QED) is 0.825. The first-order valence-corrected chi connectivity index (χ1v) is 10.8. The van der Waals surface area contributed by atoms with Gasteiger partial charge < -0.3 is 9.64 Å². The highest BCUT2D eigenvalue weighted by Crippen LogP contribution is 2.37. The number of aryl methyl sites for hydroxylation is 1. The van der Waals surface area contributed by atoms with Crippen LogP contribution in [0.25, 0.3) is 0 Å². The van der Waals surface area contributed by atoms with Crippen LogP contribution in [0.4, 0.5) is 11.4 Å². The lowest BCUT2D eigenvalue weighted by Gasteiger charge is -2.24. The Hall–Kier alpha value is -2.54. The summed E-state index contributed by atoms with van der Waals surface area (Å²) in [5.74, 6) is 0.423. The molecule has 0 radical (unpaired) electrons. The van der Waals surface area contributed by atoms with Gasteiger partial charge in [-0.1, -0.05) is 25.5 Å². The van der Waals surface area contributed by atoms with Crippen LogP contribution in [0.2, 0.25) is 0 Å². The van der Waals surface area contributed by atoms with Crippen molar-refractivity contribution in [2.75, 3.05) is 23.3 Å². The molecule has 7 heteroatoms. The highest BCUT2D eigenvalue weighted by molar-refractivity contribution is 7.92. The molecule has 28 heavy (non-hydrogen) atoms. The van der Waals surface area contributed by atoms with Crippen LogP contribution in [0.3, 0.4) is 0 Å². The molecular weight excluding hydrogens is 376 g/mol. The second kappa shape index (κ2) is 7.47. The van der Waals surface area contributed by atoms with Crippen molar-refractivity contribution in [3.05, 3.63) is 48.0 Å². The molecule has 0 atom stereocenters. The molecule has 2 aromatic rings. The van der Waals surface area contributed by atoms with Crippen LogP contribution in [0.5, 0.6) is 5.75 Å². The van der Waals surface area contributed by atoms with Gasteiger partial charge >= 0.3 is 0 Å². The largest absolute Gasteiger partial charge is 0.490 e. The zero-order valence-corrected chi connectivity index (χ0v) is 17.5. The Morgan fingerprint density at radius 1 is 1.14 bits per heavy atom. The third-order valence-electron chi connectivity index (χ3n) is 4.82. The van der Waals surface area contributed by atoms with Crippen LogP contribution in [-0.4, -0.2) is 28.0 Å². The number of sulfonamides is 1. The van der Waals surface area contributed by atoms with Gasteiger partial charge in [0.25, 0.3) is 10.0 Å². The lowest BCUT2D eigenvalue weighted by Crippen LogP contribution is -2.39. The molecule has 3 rings (SSSR count). The molecule has 6 nitrogen and oxygen atoms in total. The van der Waals surface area contributed by atoms with Crippen LogP contribution in [0, 0.1) is 5.41 Å². The fourth-order valence-electron chi connectivity index (χ4n) is 3.19. The summed E-state index contributed by atoms with van der Waals surface area (Å²) in [7, 11) is -2.02. The van der Waals surface area contributed by atoms with E-state index in [1.807, 2.05) is 26.0 Å². The van der Waals surface area contributed by atoms with E-state index in [-0.39, 0.29) is 17.4 Å². The Morgan fingerprint density at radius 2 is 1.82 bits per heavy atom. The molecule has 0 aliphatic carbocycles. The molecule has 1 aliphatic rings. The minimum Gasteiger partial charge on any atom is -0.490 e. The Kier molecular flexibility index (Phi) is 5.39. The molecule has 2 aromatic carbocycles. The van der Waals surface area contributed by atoms with Crippen molar-refractivity contribution in [2.45, 2.75) is 38.5 Å². The molecule has 1 N–H and O–H groups in total. The number of ether oxygens (including phenoxy) is 1. The third-order valence-corrected chi connectivity index (χ3v) is 6.22. The summed E-state index contributed by atoms with van der Waals surface area (Å²) in [6.45, 7) is 5.95. The maximum Gasteiger partial charge on any atom is 0.261 e. The van der Waals surface area contributed by atoms with E-state index < -0.39 is 15.4 Å². The lowest BCUT2D eigenvalue weighted by atomic mass is 9.93. The van der Waals surface area contributed by atoms with Gasteiger partial charge in [0, 0.05) is 13.1 Å². The SMILES string of the molecule is CCCc1ccc(S(=O)(=O)Nc2ccc3c(c2)OCC(C)(C)C(=O)N3C)cc1. The predicted octanol–water partition coefficient (Wildman–Crippen LogP) is 3.82. The Morgan fingerprint density at radius 3 is 2.46 bits per heavy atom. The molecule has 1 aliphatic heterocycles. The number of anilines is 2. The summed E-state index contributed by atoms with van der Waals surface area (Å²) in [4.78, 5) is 14.3. The number of amides is 1. The van der Waals surface area contributed by atoms with Crippen LogP contribution in [0.15, 0.2) is 47.4 Å². The van der Waals surface area contributed by atoms with Crippen LogP contribution < -0.4 is 14.4 Å². The number of hydrogen-bond acceptors (Lipinski definition) is 4. The second-order valence-corrected chi connectivity index (χ2v) is 9.40. The van der Waals surface area contributed by atoms with Gasteiger partial charge in [-0.3, -0.25) is 9.52 Å². The maximum atomic E-state index is 12.7. The lowest BCUT2D eigenvalue weighted by molar-refractivity contribution is -0.127. The van der Waals surface area contributed by atoms with E-state index in [9.17, 15) is 13.2 Å². The van der Waals surface area contributed by atoms with Crippen molar-refractivity contribution in [1.29, 1.82) is 0 Å². The van der Waals surface area contributed by atoms with Crippen LogP contribution in [0.1, 0.15) is 32.8 Å². The standard InChI is InChI=1S/C21H26N2O4S/c1-5-6-15-7-10-17(11-8-15)28(25,26)22-16-9-12-18-19(13-16)27-14-21(2,3)20(24)23(18)4/h7-13,22H,5-6,14H2,1-4H3. The van der Waals surface area contributed by atoms with E-state index in [2.05, 4.69) is 11.6 Å². The van der Waals surface area contributed by atoms with Gasteiger partial charge in [0.05, 0.1) is 21.7 Å². The van der Waals surface area contributed by atoms with Gasteiger partial charge in [0.15, 0.2) is 0 Å².